The van der Waals surface area contributed by atoms with Crippen LogP contribution < -0.4 is 5.32 Å². The molecule has 2 saturated heterocycles. The second kappa shape index (κ2) is 4.94. The molecular weight excluding hydrogens is 216 g/mol. The Labute approximate surface area is 103 Å². The van der Waals surface area contributed by atoms with Gasteiger partial charge in [-0.05, 0) is 51.1 Å². The fourth-order valence-electron chi connectivity index (χ4n) is 3.16. The molecule has 0 aromatic rings. The average molecular weight is 238 g/mol. The Kier molecular flexibility index (Phi) is 3.34. The minimum absolute atomic E-state index is 0.208. The van der Waals surface area contributed by atoms with Crippen molar-refractivity contribution in [1.82, 2.24) is 10.2 Å². The molecule has 0 aromatic heterocycles. The summed E-state index contributed by atoms with van der Waals surface area (Å²) in [5, 5.41) is 3.38. The maximum atomic E-state index is 11.8. The fraction of sp³-hybridized carbons (Fsp3) is 0.923. The van der Waals surface area contributed by atoms with E-state index in [1.807, 2.05) is 0 Å². The third-order valence-electron chi connectivity index (χ3n) is 4.54. The molecule has 1 amide bonds. The number of carbonyl (C=O) groups is 1. The van der Waals surface area contributed by atoms with E-state index in [0.29, 0.717) is 18.6 Å². The molecule has 3 fully saturated rings. The first kappa shape index (κ1) is 11.5. The highest BCUT2D eigenvalue weighted by atomic mass is 16.5. The van der Waals surface area contributed by atoms with Gasteiger partial charge in [0.1, 0.15) is 6.61 Å². The molecule has 17 heavy (non-hydrogen) atoms. The van der Waals surface area contributed by atoms with Crippen molar-refractivity contribution >= 4 is 5.91 Å². The number of amides is 1. The zero-order valence-electron chi connectivity index (χ0n) is 10.4. The molecule has 1 saturated carbocycles. The first-order valence-corrected chi connectivity index (χ1v) is 6.96. The molecule has 0 spiro atoms. The number of rotatable bonds is 2. The summed E-state index contributed by atoms with van der Waals surface area (Å²) in [5.41, 5.74) is 0. The van der Waals surface area contributed by atoms with Gasteiger partial charge in [0.15, 0.2) is 0 Å². The maximum absolute atomic E-state index is 11.8. The Morgan fingerprint density at radius 1 is 1.18 bits per heavy atom. The molecule has 2 heterocycles. The molecule has 0 aromatic carbocycles. The summed E-state index contributed by atoms with van der Waals surface area (Å²) in [6.45, 7) is 3.35. The first-order valence-electron chi connectivity index (χ1n) is 6.96. The van der Waals surface area contributed by atoms with Crippen molar-refractivity contribution in [3.05, 3.63) is 0 Å². The number of hydrogen-bond acceptors (Lipinski definition) is 3. The SMILES string of the molecule is O=C1COC(C2CCNCC2)CN1C1CCC1. The van der Waals surface area contributed by atoms with Gasteiger partial charge in [-0.25, -0.2) is 0 Å². The van der Waals surface area contributed by atoms with Crippen molar-refractivity contribution in [2.45, 2.75) is 44.2 Å². The summed E-state index contributed by atoms with van der Waals surface area (Å²) in [7, 11) is 0. The topological polar surface area (TPSA) is 41.6 Å². The van der Waals surface area contributed by atoms with Crippen molar-refractivity contribution < 1.29 is 9.53 Å². The van der Waals surface area contributed by atoms with Gasteiger partial charge in [0.2, 0.25) is 5.91 Å². The highest BCUT2D eigenvalue weighted by Crippen LogP contribution is 2.29. The lowest BCUT2D eigenvalue weighted by Gasteiger charge is -2.44. The van der Waals surface area contributed by atoms with E-state index in [2.05, 4.69) is 10.2 Å². The van der Waals surface area contributed by atoms with Crippen LogP contribution in [0.4, 0.5) is 0 Å². The standard InChI is InChI=1S/C13H22N2O2/c16-13-9-17-12(10-4-6-14-7-5-10)8-15(13)11-2-1-3-11/h10-12,14H,1-9H2. The Hall–Kier alpha value is -0.610. The van der Waals surface area contributed by atoms with E-state index in [1.54, 1.807) is 0 Å². The Morgan fingerprint density at radius 3 is 2.59 bits per heavy atom. The lowest BCUT2D eigenvalue weighted by Crippen LogP contribution is -2.55. The summed E-state index contributed by atoms with van der Waals surface area (Å²) in [5.74, 6) is 0.854. The zero-order chi connectivity index (χ0) is 11.7. The lowest BCUT2D eigenvalue weighted by atomic mass is 9.87. The molecule has 96 valence electrons. The number of piperidine rings is 1. The Morgan fingerprint density at radius 2 is 1.94 bits per heavy atom. The fourth-order valence-corrected chi connectivity index (χ4v) is 3.16. The average Bonchev–Trinajstić information content (AvgIpc) is 2.31. The number of nitrogens with zero attached hydrogens (tertiary/aromatic N) is 1. The summed E-state index contributed by atoms with van der Waals surface area (Å²) in [6.07, 6.45) is 6.35. The molecular formula is C13H22N2O2. The molecule has 4 heteroatoms. The number of ether oxygens (including phenoxy) is 1. The molecule has 0 radical (unpaired) electrons. The van der Waals surface area contributed by atoms with Gasteiger partial charge in [-0.15, -0.1) is 0 Å². The predicted molar refractivity (Wildman–Crippen MR) is 64.7 cm³/mol. The normalized spacial score (nSPS) is 32.6. The van der Waals surface area contributed by atoms with Crippen LogP contribution in [0.1, 0.15) is 32.1 Å². The van der Waals surface area contributed by atoms with Gasteiger partial charge in [0, 0.05) is 12.6 Å². The molecule has 1 aliphatic carbocycles. The van der Waals surface area contributed by atoms with Crippen LogP contribution in [0.25, 0.3) is 0 Å². The van der Waals surface area contributed by atoms with E-state index < -0.39 is 0 Å². The maximum Gasteiger partial charge on any atom is 0.248 e. The number of morpholine rings is 1. The molecule has 3 rings (SSSR count). The van der Waals surface area contributed by atoms with Crippen LogP contribution in [0.2, 0.25) is 0 Å². The summed E-state index contributed by atoms with van der Waals surface area (Å²) in [6, 6.07) is 0.524. The highest BCUT2D eigenvalue weighted by Gasteiger charge is 2.37. The van der Waals surface area contributed by atoms with Crippen LogP contribution in [0.3, 0.4) is 0 Å². The number of hydrogen-bond donors (Lipinski definition) is 1. The summed E-state index contributed by atoms with van der Waals surface area (Å²) in [4.78, 5) is 13.9. The van der Waals surface area contributed by atoms with E-state index in [0.717, 1.165) is 19.6 Å². The van der Waals surface area contributed by atoms with Crippen LogP contribution in [-0.2, 0) is 9.53 Å². The highest BCUT2D eigenvalue weighted by molar-refractivity contribution is 5.78. The first-order chi connectivity index (χ1) is 8.34. The van der Waals surface area contributed by atoms with Crippen molar-refractivity contribution in [2.75, 3.05) is 26.2 Å². The van der Waals surface area contributed by atoms with Crippen LogP contribution in [0.5, 0.6) is 0 Å². The monoisotopic (exact) mass is 238 g/mol. The molecule has 0 bridgehead atoms. The van der Waals surface area contributed by atoms with Gasteiger partial charge in [-0.2, -0.15) is 0 Å². The van der Waals surface area contributed by atoms with E-state index in [9.17, 15) is 4.79 Å². The second-order valence-electron chi connectivity index (χ2n) is 5.57. The van der Waals surface area contributed by atoms with E-state index >= 15 is 0 Å². The molecule has 1 unspecified atom stereocenters. The molecule has 4 nitrogen and oxygen atoms in total. The summed E-state index contributed by atoms with van der Waals surface area (Å²) >= 11 is 0. The van der Waals surface area contributed by atoms with E-state index in [-0.39, 0.29) is 12.0 Å². The number of nitrogens with one attached hydrogen (secondary N) is 1. The molecule has 1 N–H and O–H groups in total. The smallest absolute Gasteiger partial charge is 0.248 e. The van der Waals surface area contributed by atoms with Crippen molar-refractivity contribution in [1.29, 1.82) is 0 Å². The van der Waals surface area contributed by atoms with Crippen LogP contribution in [-0.4, -0.2) is 49.2 Å². The van der Waals surface area contributed by atoms with Crippen molar-refractivity contribution in [2.24, 2.45) is 5.92 Å². The van der Waals surface area contributed by atoms with Crippen LogP contribution in [0.15, 0.2) is 0 Å². The molecule has 3 aliphatic rings. The number of carbonyl (C=O) groups excluding carboxylic acids is 1. The van der Waals surface area contributed by atoms with Crippen molar-refractivity contribution in [3.63, 3.8) is 0 Å². The Balaban J connectivity index is 1.60. The molecule has 2 aliphatic heterocycles. The van der Waals surface area contributed by atoms with Gasteiger partial charge >= 0.3 is 0 Å². The van der Waals surface area contributed by atoms with Gasteiger partial charge in [-0.1, -0.05) is 0 Å². The van der Waals surface area contributed by atoms with Gasteiger partial charge in [-0.3, -0.25) is 4.79 Å². The Bertz CT molecular complexity index is 285. The lowest BCUT2D eigenvalue weighted by molar-refractivity contribution is -0.159. The quantitative estimate of drug-likeness (QED) is 0.772. The minimum atomic E-state index is 0.208. The van der Waals surface area contributed by atoms with Crippen LogP contribution >= 0.6 is 0 Å². The zero-order valence-corrected chi connectivity index (χ0v) is 10.4. The van der Waals surface area contributed by atoms with E-state index in [1.165, 1.54) is 32.1 Å². The minimum Gasteiger partial charge on any atom is -0.366 e. The van der Waals surface area contributed by atoms with Gasteiger partial charge in [0.05, 0.1) is 6.10 Å². The van der Waals surface area contributed by atoms with Gasteiger partial charge < -0.3 is 15.0 Å². The third kappa shape index (κ3) is 2.33. The summed E-state index contributed by atoms with van der Waals surface area (Å²) < 4.78 is 5.76. The largest absolute Gasteiger partial charge is 0.366 e. The molecule has 1 atom stereocenters. The third-order valence-corrected chi connectivity index (χ3v) is 4.54. The van der Waals surface area contributed by atoms with E-state index in [4.69, 9.17) is 4.74 Å². The van der Waals surface area contributed by atoms with Crippen molar-refractivity contribution in [3.8, 4) is 0 Å². The second-order valence-corrected chi connectivity index (χ2v) is 5.57. The van der Waals surface area contributed by atoms with Gasteiger partial charge in [0.25, 0.3) is 0 Å². The predicted octanol–water partition coefficient (Wildman–Crippen LogP) is 0.766. The van der Waals surface area contributed by atoms with Crippen LogP contribution in [0, 0.1) is 5.92 Å².